The molecule has 6 heteroatoms. The summed E-state index contributed by atoms with van der Waals surface area (Å²) in [5.41, 5.74) is 10.6. The molecule has 0 aliphatic carbocycles. The molecular weight excluding hydrogens is 326 g/mol. The van der Waals surface area contributed by atoms with Crippen molar-refractivity contribution in [3.63, 3.8) is 0 Å². The fraction of sp³-hybridized carbons (Fsp3) is 0.944. The number of nitrogens with two attached hydrogens (primary N) is 2. The van der Waals surface area contributed by atoms with Gasteiger partial charge in [0, 0.05) is 0 Å². The normalized spacial score (nSPS) is 10.7. The Kier molecular flexibility index (Phi) is 22.3. The van der Waals surface area contributed by atoms with Crippen LogP contribution in [0, 0.1) is 0 Å². The number of esters is 1. The van der Waals surface area contributed by atoms with Crippen LogP contribution in [0.15, 0.2) is 0 Å². The van der Waals surface area contributed by atoms with E-state index in [9.17, 15) is 4.79 Å². The second-order valence-corrected chi connectivity index (χ2v) is 6.41. The molecule has 0 radical (unpaired) electrons. The predicted octanol–water partition coefficient (Wildman–Crippen LogP) is 3.49. The second-order valence-electron chi connectivity index (χ2n) is 6.41. The summed E-state index contributed by atoms with van der Waals surface area (Å²) >= 11 is 0. The largest absolute Gasteiger partial charge is 0.462 e. The van der Waals surface area contributed by atoms with Crippen LogP contribution in [0.1, 0.15) is 84.0 Å². The number of unbranched alkanes of at least 4 members (excludes halogenated alkanes) is 11. The molecular formula is C18H40ClN3O2. The topological polar surface area (TPSA) is 90.4 Å². The third-order valence-corrected chi connectivity index (χ3v) is 3.91. The minimum atomic E-state index is -0.588. The van der Waals surface area contributed by atoms with Gasteiger partial charge < -0.3 is 21.5 Å². The summed E-state index contributed by atoms with van der Waals surface area (Å²) in [6, 6.07) is 0. The third kappa shape index (κ3) is 21.6. The van der Waals surface area contributed by atoms with Crippen LogP contribution in [0.2, 0.25) is 0 Å². The number of hydrogen-bond acceptors (Lipinski definition) is 5. The lowest BCUT2D eigenvalue weighted by atomic mass is 10.1. The molecule has 0 aliphatic heterocycles. The highest BCUT2D eigenvalue weighted by atomic mass is 35.5. The molecule has 0 fully saturated rings. The van der Waals surface area contributed by atoms with E-state index in [-0.39, 0.29) is 31.5 Å². The van der Waals surface area contributed by atoms with Crippen LogP contribution < -0.4 is 16.8 Å². The van der Waals surface area contributed by atoms with Gasteiger partial charge in [-0.3, -0.25) is 4.79 Å². The Morgan fingerprint density at radius 1 is 0.875 bits per heavy atom. The maximum atomic E-state index is 11.3. The van der Waals surface area contributed by atoms with Crippen molar-refractivity contribution < 1.29 is 9.53 Å². The first kappa shape index (κ1) is 25.9. The number of carbonyl (C=O) groups is 1. The van der Waals surface area contributed by atoms with E-state index >= 15 is 0 Å². The van der Waals surface area contributed by atoms with Crippen molar-refractivity contribution in [2.75, 3.05) is 19.7 Å². The average molecular weight is 366 g/mol. The van der Waals surface area contributed by atoms with Gasteiger partial charge in [0.05, 0.1) is 12.7 Å². The van der Waals surface area contributed by atoms with E-state index in [0.29, 0.717) is 0 Å². The van der Waals surface area contributed by atoms with Crippen LogP contribution in [0.5, 0.6) is 0 Å². The maximum absolute atomic E-state index is 11.3. The van der Waals surface area contributed by atoms with Crippen LogP contribution in [-0.2, 0) is 9.53 Å². The van der Waals surface area contributed by atoms with Crippen molar-refractivity contribution in [1.29, 1.82) is 0 Å². The lowest BCUT2D eigenvalue weighted by Gasteiger charge is -2.08. The van der Waals surface area contributed by atoms with Crippen LogP contribution in [-0.4, -0.2) is 31.8 Å². The molecule has 0 heterocycles. The molecule has 0 amide bonds. The summed E-state index contributed by atoms with van der Waals surface area (Å²) in [6.45, 7) is 3.45. The van der Waals surface area contributed by atoms with Gasteiger partial charge in [-0.15, -0.1) is 12.4 Å². The second kappa shape index (κ2) is 20.7. The zero-order chi connectivity index (χ0) is 17.2. The predicted molar refractivity (Wildman–Crippen MR) is 104 cm³/mol. The summed E-state index contributed by atoms with van der Waals surface area (Å²) in [5, 5.41) is 3.09. The fourth-order valence-electron chi connectivity index (χ4n) is 2.52. The number of halogens is 1. The molecule has 5 nitrogen and oxygen atoms in total. The molecule has 5 N–H and O–H groups in total. The van der Waals surface area contributed by atoms with E-state index in [1.807, 2.05) is 0 Å². The summed E-state index contributed by atoms with van der Waals surface area (Å²) in [4.78, 5) is 11.3. The van der Waals surface area contributed by atoms with Gasteiger partial charge in [-0.2, -0.15) is 0 Å². The fourth-order valence-corrected chi connectivity index (χ4v) is 2.52. The Morgan fingerprint density at radius 2 is 1.33 bits per heavy atom. The van der Waals surface area contributed by atoms with Gasteiger partial charge in [-0.1, -0.05) is 77.6 Å². The number of carbonyl (C=O) groups excluding carboxylic acids is 1. The smallest absolute Gasteiger partial charge is 0.320 e. The van der Waals surface area contributed by atoms with E-state index in [0.717, 1.165) is 13.0 Å². The Hall–Kier alpha value is -0.360. The molecule has 0 bridgehead atoms. The van der Waals surface area contributed by atoms with Gasteiger partial charge in [0.15, 0.2) is 0 Å². The lowest BCUT2D eigenvalue weighted by Crippen LogP contribution is -2.37. The Balaban J connectivity index is 0. The van der Waals surface area contributed by atoms with Gasteiger partial charge in [-0.25, -0.2) is 0 Å². The molecule has 0 saturated carbocycles. The molecule has 0 rings (SSSR count). The molecule has 0 unspecified atom stereocenters. The molecule has 0 saturated heterocycles. The van der Waals surface area contributed by atoms with Crippen molar-refractivity contribution in [2.45, 2.75) is 90.1 Å². The van der Waals surface area contributed by atoms with Crippen molar-refractivity contribution in [1.82, 2.24) is 5.32 Å². The van der Waals surface area contributed by atoms with Crippen molar-refractivity contribution in [3.8, 4) is 0 Å². The van der Waals surface area contributed by atoms with Gasteiger partial charge in [0.1, 0.15) is 6.61 Å². The average Bonchev–Trinajstić information content (AvgIpc) is 2.53. The van der Waals surface area contributed by atoms with Crippen LogP contribution in [0.3, 0.4) is 0 Å². The van der Waals surface area contributed by atoms with Crippen LogP contribution >= 0.6 is 12.4 Å². The summed E-state index contributed by atoms with van der Waals surface area (Å²) in [6.07, 6.45) is 15.5. The van der Waals surface area contributed by atoms with E-state index in [1.54, 1.807) is 0 Å². The summed E-state index contributed by atoms with van der Waals surface area (Å²) in [5.74, 6) is -0.287. The first-order valence-electron chi connectivity index (χ1n) is 9.54. The molecule has 0 aromatic rings. The third-order valence-electron chi connectivity index (χ3n) is 3.91. The highest BCUT2D eigenvalue weighted by Crippen LogP contribution is 2.11. The Bertz CT molecular complexity index is 267. The van der Waals surface area contributed by atoms with Gasteiger partial charge in [0.2, 0.25) is 0 Å². The standard InChI is InChI=1S/C18H39N3O2.ClH/c1-2-3-4-5-6-7-8-9-10-11-12-13-14-21-15-18(22)23-16-17(19)20;/h17,21H,2-16,19-20H2,1H3;1H. The van der Waals surface area contributed by atoms with Gasteiger partial charge in [-0.05, 0) is 13.0 Å². The first-order valence-corrected chi connectivity index (χ1v) is 9.54. The number of ether oxygens (including phenoxy) is 1. The molecule has 24 heavy (non-hydrogen) atoms. The minimum absolute atomic E-state index is 0. The monoisotopic (exact) mass is 365 g/mol. The number of nitrogens with one attached hydrogen (secondary N) is 1. The summed E-state index contributed by atoms with van der Waals surface area (Å²) < 4.78 is 4.87. The van der Waals surface area contributed by atoms with E-state index in [4.69, 9.17) is 16.2 Å². The van der Waals surface area contributed by atoms with Gasteiger partial charge in [0.25, 0.3) is 0 Å². The molecule has 0 aliphatic rings. The maximum Gasteiger partial charge on any atom is 0.320 e. The SMILES string of the molecule is CCCCCCCCCCCCCCNCC(=O)OCC(N)N.Cl. The van der Waals surface area contributed by atoms with E-state index in [2.05, 4.69) is 12.2 Å². The quantitative estimate of drug-likeness (QED) is 0.208. The number of rotatable bonds is 17. The summed E-state index contributed by atoms with van der Waals surface area (Å²) in [7, 11) is 0. The first-order chi connectivity index (χ1) is 11.2. The Labute approximate surface area is 155 Å². The molecule has 146 valence electrons. The molecule has 0 aromatic heterocycles. The Morgan fingerprint density at radius 3 is 1.79 bits per heavy atom. The zero-order valence-electron chi connectivity index (χ0n) is 15.6. The van der Waals surface area contributed by atoms with Gasteiger partial charge >= 0.3 is 5.97 Å². The highest BCUT2D eigenvalue weighted by molar-refractivity contribution is 5.85. The number of hydrogen-bond donors (Lipinski definition) is 3. The lowest BCUT2D eigenvalue weighted by molar-refractivity contribution is -0.143. The van der Waals surface area contributed by atoms with Crippen LogP contribution in [0.4, 0.5) is 0 Å². The minimum Gasteiger partial charge on any atom is -0.462 e. The molecule has 0 spiro atoms. The van der Waals surface area contributed by atoms with Crippen LogP contribution in [0.25, 0.3) is 0 Å². The molecule has 0 atom stereocenters. The van der Waals surface area contributed by atoms with E-state index in [1.165, 1.54) is 70.6 Å². The van der Waals surface area contributed by atoms with E-state index < -0.39 is 6.17 Å². The highest BCUT2D eigenvalue weighted by Gasteiger charge is 2.03. The van der Waals surface area contributed by atoms with Crippen molar-refractivity contribution in [2.24, 2.45) is 11.5 Å². The molecule has 0 aromatic carbocycles. The van der Waals surface area contributed by atoms with Crippen molar-refractivity contribution >= 4 is 18.4 Å². The zero-order valence-corrected chi connectivity index (χ0v) is 16.4. The van der Waals surface area contributed by atoms with Crippen molar-refractivity contribution in [3.05, 3.63) is 0 Å².